The van der Waals surface area contributed by atoms with Gasteiger partial charge >= 0.3 is 0 Å². The van der Waals surface area contributed by atoms with Crippen LogP contribution in [0.15, 0.2) is 42.5 Å². The average molecular weight is 514 g/mol. The van der Waals surface area contributed by atoms with Crippen molar-refractivity contribution in [1.82, 2.24) is 10.2 Å². The molecule has 1 unspecified atom stereocenters. The van der Waals surface area contributed by atoms with Crippen molar-refractivity contribution in [1.29, 1.82) is 0 Å². The number of halogens is 3. The summed E-state index contributed by atoms with van der Waals surface area (Å²) >= 11 is 19.8. The van der Waals surface area contributed by atoms with Gasteiger partial charge in [-0.15, -0.1) is 11.8 Å². The average Bonchev–Trinajstić information content (AvgIpc) is 3.27. The van der Waals surface area contributed by atoms with E-state index in [2.05, 4.69) is 5.32 Å². The molecule has 1 fully saturated rings. The van der Waals surface area contributed by atoms with Crippen molar-refractivity contribution >= 4 is 58.4 Å². The number of nitrogens with one attached hydrogen (secondary N) is 1. The summed E-state index contributed by atoms with van der Waals surface area (Å²) in [6.45, 7) is 2.06. The third kappa shape index (κ3) is 7.31. The van der Waals surface area contributed by atoms with Crippen LogP contribution in [-0.2, 0) is 21.9 Å². The fourth-order valence-electron chi connectivity index (χ4n) is 3.78. The highest BCUT2D eigenvalue weighted by atomic mass is 35.5. The highest BCUT2D eigenvalue weighted by molar-refractivity contribution is 7.99. The van der Waals surface area contributed by atoms with Gasteiger partial charge in [0.15, 0.2) is 0 Å². The molecule has 32 heavy (non-hydrogen) atoms. The number of hydrogen-bond donors (Lipinski definition) is 1. The van der Waals surface area contributed by atoms with Crippen molar-refractivity contribution in [2.75, 3.05) is 5.75 Å². The molecular formula is C24H27Cl3N2O2S. The Balaban J connectivity index is 1.68. The highest BCUT2D eigenvalue weighted by Crippen LogP contribution is 2.25. The van der Waals surface area contributed by atoms with E-state index < -0.39 is 6.04 Å². The Labute approximate surface area is 209 Å². The maximum Gasteiger partial charge on any atom is 0.242 e. The van der Waals surface area contributed by atoms with E-state index in [-0.39, 0.29) is 30.2 Å². The number of carbonyl (C=O) groups excluding carboxylic acids is 2. The minimum atomic E-state index is -0.593. The van der Waals surface area contributed by atoms with Crippen molar-refractivity contribution in [3.63, 3.8) is 0 Å². The zero-order chi connectivity index (χ0) is 23.1. The smallest absolute Gasteiger partial charge is 0.242 e. The van der Waals surface area contributed by atoms with Crippen LogP contribution in [0.4, 0.5) is 0 Å². The van der Waals surface area contributed by atoms with E-state index in [9.17, 15) is 9.59 Å². The van der Waals surface area contributed by atoms with E-state index in [4.69, 9.17) is 34.8 Å². The molecule has 0 aromatic heterocycles. The first-order valence-electron chi connectivity index (χ1n) is 10.7. The second kappa shape index (κ2) is 12.2. The molecule has 0 radical (unpaired) electrons. The van der Waals surface area contributed by atoms with Gasteiger partial charge in [0.25, 0.3) is 0 Å². The van der Waals surface area contributed by atoms with E-state index in [0.29, 0.717) is 20.8 Å². The third-order valence-corrected chi connectivity index (χ3v) is 7.55. The molecule has 1 atom stereocenters. The molecule has 1 N–H and O–H groups in total. The van der Waals surface area contributed by atoms with Crippen LogP contribution in [0.3, 0.4) is 0 Å². The molecule has 1 aliphatic rings. The number of thioether (sulfide) groups is 1. The van der Waals surface area contributed by atoms with Crippen LogP contribution in [0.2, 0.25) is 15.1 Å². The van der Waals surface area contributed by atoms with Crippen LogP contribution < -0.4 is 5.32 Å². The van der Waals surface area contributed by atoms with Gasteiger partial charge in [-0.25, -0.2) is 0 Å². The summed E-state index contributed by atoms with van der Waals surface area (Å²) in [4.78, 5) is 27.7. The third-order valence-electron chi connectivity index (χ3n) is 5.59. The molecule has 8 heteroatoms. The van der Waals surface area contributed by atoms with Gasteiger partial charge in [0, 0.05) is 23.4 Å². The number of amides is 2. The van der Waals surface area contributed by atoms with E-state index in [1.54, 1.807) is 24.0 Å². The Morgan fingerprint density at radius 2 is 1.81 bits per heavy atom. The van der Waals surface area contributed by atoms with Crippen LogP contribution in [0.1, 0.15) is 43.7 Å². The minimum absolute atomic E-state index is 0.0998. The summed E-state index contributed by atoms with van der Waals surface area (Å²) in [7, 11) is 0. The van der Waals surface area contributed by atoms with Crippen LogP contribution >= 0.6 is 46.6 Å². The van der Waals surface area contributed by atoms with Gasteiger partial charge < -0.3 is 10.2 Å². The Hall–Kier alpha value is -1.40. The fraction of sp³-hybridized carbons (Fsp3) is 0.417. The van der Waals surface area contributed by atoms with Crippen LogP contribution in [0.5, 0.6) is 0 Å². The largest absolute Gasteiger partial charge is 0.352 e. The van der Waals surface area contributed by atoms with Gasteiger partial charge in [0.2, 0.25) is 11.8 Å². The Bertz CT molecular complexity index is 951. The molecule has 0 spiro atoms. The van der Waals surface area contributed by atoms with Gasteiger partial charge in [0.1, 0.15) is 6.04 Å². The molecule has 4 nitrogen and oxygen atoms in total. The quantitative estimate of drug-likeness (QED) is 0.425. The van der Waals surface area contributed by atoms with Crippen molar-refractivity contribution in [3.05, 3.63) is 68.7 Å². The predicted molar refractivity (Wildman–Crippen MR) is 134 cm³/mol. The lowest BCUT2D eigenvalue weighted by Gasteiger charge is -2.30. The lowest BCUT2D eigenvalue weighted by molar-refractivity contribution is -0.138. The molecule has 0 aliphatic heterocycles. The first-order chi connectivity index (χ1) is 15.3. The molecule has 2 aromatic carbocycles. The predicted octanol–water partition coefficient (Wildman–Crippen LogP) is 6.36. The summed E-state index contributed by atoms with van der Waals surface area (Å²) in [6.07, 6.45) is 4.25. The molecule has 3 rings (SSSR count). The summed E-state index contributed by atoms with van der Waals surface area (Å²) in [5.74, 6) is 0.701. The molecule has 0 bridgehead atoms. The van der Waals surface area contributed by atoms with Crippen LogP contribution in [-0.4, -0.2) is 34.6 Å². The van der Waals surface area contributed by atoms with Crippen molar-refractivity contribution < 1.29 is 9.59 Å². The Morgan fingerprint density at radius 3 is 2.50 bits per heavy atom. The summed E-state index contributed by atoms with van der Waals surface area (Å²) in [6, 6.07) is 12.5. The maximum atomic E-state index is 13.2. The van der Waals surface area contributed by atoms with Crippen LogP contribution in [0, 0.1) is 0 Å². The van der Waals surface area contributed by atoms with Gasteiger partial charge in [-0.2, -0.15) is 0 Å². The van der Waals surface area contributed by atoms with Crippen molar-refractivity contribution in [2.24, 2.45) is 0 Å². The molecular weight excluding hydrogens is 487 g/mol. The Morgan fingerprint density at radius 1 is 1.06 bits per heavy atom. The standard InChI is InChI=1S/C24H27Cl3N2O2S/c1-16(24(31)28-20-7-2-3-8-20)29(13-17-9-10-21(26)22(27)12-17)23(30)15-32-14-18-5-4-6-19(25)11-18/h4-6,9-12,16,20H,2-3,7-8,13-15H2,1H3,(H,28,31). The van der Waals surface area contributed by atoms with Gasteiger partial charge in [0.05, 0.1) is 15.8 Å². The van der Waals surface area contributed by atoms with Gasteiger partial charge in [-0.3, -0.25) is 9.59 Å². The first kappa shape index (κ1) is 25.2. The lowest BCUT2D eigenvalue weighted by Crippen LogP contribution is -2.50. The fourth-order valence-corrected chi connectivity index (χ4v) is 5.17. The van der Waals surface area contributed by atoms with Gasteiger partial charge in [-0.05, 0) is 55.2 Å². The van der Waals surface area contributed by atoms with E-state index in [0.717, 1.165) is 36.8 Å². The topological polar surface area (TPSA) is 49.4 Å². The number of hydrogen-bond acceptors (Lipinski definition) is 3. The van der Waals surface area contributed by atoms with Crippen molar-refractivity contribution in [2.45, 2.75) is 57.0 Å². The normalized spacial score (nSPS) is 14.9. The molecule has 1 aliphatic carbocycles. The number of nitrogens with zero attached hydrogens (tertiary/aromatic N) is 1. The maximum absolute atomic E-state index is 13.2. The summed E-state index contributed by atoms with van der Waals surface area (Å²) < 4.78 is 0. The lowest BCUT2D eigenvalue weighted by atomic mass is 10.1. The van der Waals surface area contributed by atoms with Gasteiger partial charge in [-0.1, -0.05) is 65.8 Å². The highest BCUT2D eigenvalue weighted by Gasteiger charge is 2.28. The number of rotatable bonds is 9. The minimum Gasteiger partial charge on any atom is -0.352 e. The molecule has 2 amide bonds. The molecule has 1 saturated carbocycles. The zero-order valence-corrected chi connectivity index (χ0v) is 21.0. The molecule has 0 heterocycles. The molecule has 172 valence electrons. The molecule has 2 aromatic rings. The monoisotopic (exact) mass is 512 g/mol. The number of carbonyl (C=O) groups is 2. The molecule has 0 saturated heterocycles. The zero-order valence-electron chi connectivity index (χ0n) is 18.0. The second-order valence-corrected chi connectivity index (χ2v) is 10.3. The second-order valence-electron chi connectivity index (χ2n) is 8.06. The Kier molecular flexibility index (Phi) is 9.60. The summed E-state index contributed by atoms with van der Waals surface area (Å²) in [5, 5.41) is 4.66. The van der Waals surface area contributed by atoms with E-state index in [1.807, 2.05) is 30.3 Å². The van der Waals surface area contributed by atoms with Crippen LogP contribution in [0.25, 0.3) is 0 Å². The summed E-state index contributed by atoms with van der Waals surface area (Å²) in [5.41, 5.74) is 1.88. The van der Waals surface area contributed by atoms with E-state index in [1.165, 1.54) is 11.8 Å². The first-order valence-corrected chi connectivity index (χ1v) is 13.0. The van der Waals surface area contributed by atoms with Crippen molar-refractivity contribution in [3.8, 4) is 0 Å². The SMILES string of the molecule is CC(C(=O)NC1CCCC1)N(Cc1ccc(Cl)c(Cl)c1)C(=O)CSCc1cccc(Cl)c1. The van der Waals surface area contributed by atoms with E-state index >= 15 is 0 Å². The number of benzene rings is 2.